The molecule has 1 saturated heterocycles. The second-order valence-electron chi connectivity index (χ2n) is 7.65. The molecule has 1 fully saturated rings. The lowest BCUT2D eigenvalue weighted by Crippen LogP contribution is -2.47. The van der Waals surface area contributed by atoms with Crippen LogP contribution in [0.2, 0.25) is 0 Å². The van der Waals surface area contributed by atoms with Gasteiger partial charge in [0.2, 0.25) is 0 Å². The third-order valence-corrected chi connectivity index (χ3v) is 6.81. The van der Waals surface area contributed by atoms with E-state index in [9.17, 15) is 9.90 Å². The Labute approximate surface area is 181 Å². The van der Waals surface area contributed by atoms with Crippen molar-refractivity contribution in [3.05, 3.63) is 42.0 Å². The van der Waals surface area contributed by atoms with Gasteiger partial charge in [-0.2, -0.15) is 0 Å². The molecule has 2 aliphatic rings. The minimum absolute atomic E-state index is 0.315. The summed E-state index contributed by atoms with van der Waals surface area (Å²) >= 11 is 1.65. The van der Waals surface area contributed by atoms with Gasteiger partial charge in [-0.05, 0) is 49.4 Å². The minimum Gasteiger partial charge on any atom is -0.478 e. The summed E-state index contributed by atoms with van der Waals surface area (Å²) in [5.41, 5.74) is 15.2. The van der Waals surface area contributed by atoms with Crippen molar-refractivity contribution >= 4 is 34.8 Å². The van der Waals surface area contributed by atoms with Crippen LogP contribution in [0.4, 0.5) is 17.1 Å². The third kappa shape index (κ3) is 4.27. The lowest BCUT2D eigenvalue weighted by molar-refractivity contribution is 0.0696. The molecule has 0 spiro atoms. The van der Waals surface area contributed by atoms with Gasteiger partial charge in [0, 0.05) is 61.3 Å². The molecule has 0 aromatic heterocycles. The molecule has 2 aliphatic heterocycles. The summed E-state index contributed by atoms with van der Waals surface area (Å²) in [6.07, 6.45) is 0.870. The van der Waals surface area contributed by atoms with Gasteiger partial charge in [0.05, 0.1) is 16.9 Å². The van der Waals surface area contributed by atoms with Gasteiger partial charge in [0.25, 0.3) is 0 Å². The molecule has 2 aromatic carbocycles. The maximum atomic E-state index is 11.5. The topological polar surface area (TPSA) is 99.1 Å². The highest BCUT2D eigenvalue weighted by Gasteiger charge is 2.26. The molecule has 0 bridgehead atoms. The summed E-state index contributed by atoms with van der Waals surface area (Å²) in [6.45, 7) is 7.09. The maximum Gasteiger partial charge on any atom is 0.335 e. The second kappa shape index (κ2) is 9.26. The molecular weight excluding hydrogens is 398 g/mol. The predicted octanol–water partition coefficient (Wildman–Crippen LogP) is 2.42. The Hall–Kier alpha value is -2.26. The molecule has 2 aromatic rings. The smallest absolute Gasteiger partial charge is 0.335 e. The standard InChI is InChI=1S/C22H29N5O2S/c23-6-1-8-27-18-4-2-16(22(28)29)14-20(18)30-21-15-17(3-5-19(21)27)26-12-10-25(9-7-24)11-13-26/h2-5,14-15H,1,6-13,23-24H2,(H,28,29). The van der Waals surface area contributed by atoms with Crippen molar-refractivity contribution in [3.63, 3.8) is 0 Å². The lowest BCUT2D eigenvalue weighted by atomic mass is 10.1. The lowest BCUT2D eigenvalue weighted by Gasteiger charge is -2.37. The zero-order valence-electron chi connectivity index (χ0n) is 17.1. The Balaban J connectivity index is 1.62. The van der Waals surface area contributed by atoms with Crippen LogP contribution in [0, 0.1) is 0 Å². The number of hydrogen-bond donors (Lipinski definition) is 3. The first kappa shape index (κ1) is 21.0. The van der Waals surface area contributed by atoms with Crippen LogP contribution in [-0.2, 0) is 0 Å². The predicted molar refractivity (Wildman–Crippen MR) is 122 cm³/mol. The molecule has 30 heavy (non-hydrogen) atoms. The van der Waals surface area contributed by atoms with Crippen LogP contribution >= 0.6 is 11.8 Å². The molecule has 4 rings (SSSR count). The first-order chi connectivity index (χ1) is 14.6. The minimum atomic E-state index is -0.901. The summed E-state index contributed by atoms with van der Waals surface area (Å²) in [7, 11) is 0. The van der Waals surface area contributed by atoms with Crippen LogP contribution in [0.15, 0.2) is 46.2 Å². The average Bonchev–Trinajstić information content (AvgIpc) is 2.76. The molecular formula is C22H29N5O2S. The van der Waals surface area contributed by atoms with Crippen molar-refractivity contribution in [1.29, 1.82) is 0 Å². The summed E-state index contributed by atoms with van der Waals surface area (Å²) in [4.78, 5) is 20.7. The first-order valence-electron chi connectivity index (χ1n) is 10.4. The van der Waals surface area contributed by atoms with Crippen LogP contribution in [0.25, 0.3) is 0 Å². The fourth-order valence-corrected chi connectivity index (χ4v) is 5.28. The van der Waals surface area contributed by atoms with E-state index < -0.39 is 5.97 Å². The van der Waals surface area contributed by atoms with Gasteiger partial charge in [-0.3, -0.25) is 4.90 Å². The number of carboxylic acid groups (broad SMARTS) is 1. The SMILES string of the molecule is NCCCN1c2ccc(C(=O)O)cc2Sc2cc(N3CCN(CCN)CC3)ccc21. The van der Waals surface area contributed by atoms with E-state index in [1.807, 2.05) is 6.07 Å². The van der Waals surface area contributed by atoms with E-state index in [0.717, 1.165) is 66.9 Å². The number of anilines is 3. The number of nitrogens with zero attached hydrogens (tertiary/aromatic N) is 3. The van der Waals surface area contributed by atoms with Gasteiger partial charge in [-0.15, -0.1) is 0 Å². The summed E-state index contributed by atoms with van der Waals surface area (Å²) in [6, 6.07) is 12.0. The van der Waals surface area contributed by atoms with E-state index in [2.05, 4.69) is 32.9 Å². The van der Waals surface area contributed by atoms with Crippen molar-refractivity contribution in [2.24, 2.45) is 11.5 Å². The number of carbonyl (C=O) groups is 1. The van der Waals surface area contributed by atoms with Crippen molar-refractivity contribution in [3.8, 4) is 0 Å². The highest BCUT2D eigenvalue weighted by Crippen LogP contribution is 2.49. The largest absolute Gasteiger partial charge is 0.478 e. The Morgan fingerprint density at radius 3 is 2.30 bits per heavy atom. The van der Waals surface area contributed by atoms with Crippen molar-refractivity contribution in [2.45, 2.75) is 16.2 Å². The van der Waals surface area contributed by atoms with E-state index in [1.165, 1.54) is 5.69 Å². The third-order valence-electron chi connectivity index (χ3n) is 5.72. The first-order valence-corrected chi connectivity index (χ1v) is 11.3. The van der Waals surface area contributed by atoms with E-state index in [4.69, 9.17) is 11.5 Å². The van der Waals surface area contributed by atoms with Crippen molar-refractivity contribution in [2.75, 3.05) is 62.2 Å². The normalized spacial score (nSPS) is 16.3. The van der Waals surface area contributed by atoms with Gasteiger partial charge in [0.1, 0.15) is 0 Å². The van der Waals surface area contributed by atoms with Crippen molar-refractivity contribution in [1.82, 2.24) is 4.90 Å². The van der Waals surface area contributed by atoms with Gasteiger partial charge in [-0.25, -0.2) is 4.79 Å². The van der Waals surface area contributed by atoms with Gasteiger partial charge in [0.15, 0.2) is 0 Å². The number of fused-ring (bicyclic) bond motifs is 2. The van der Waals surface area contributed by atoms with Crippen LogP contribution in [-0.4, -0.2) is 68.3 Å². The Morgan fingerprint density at radius 1 is 0.933 bits per heavy atom. The molecule has 0 saturated carbocycles. The molecule has 7 nitrogen and oxygen atoms in total. The molecule has 160 valence electrons. The summed E-state index contributed by atoms with van der Waals surface area (Å²) in [5.74, 6) is -0.901. The average molecular weight is 428 g/mol. The quantitative estimate of drug-likeness (QED) is 0.620. The fourth-order valence-electron chi connectivity index (χ4n) is 4.11. The molecule has 8 heteroatoms. The molecule has 2 heterocycles. The number of carboxylic acids is 1. The highest BCUT2D eigenvalue weighted by atomic mass is 32.2. The monoisotopic (exact) mass is 427 g/mol. The molecule has 0 atom stereocenters. The van der Waals surface area contributed by atoms with E-state index >= 15 is 0 Å². The van der Waals surface area contributed by atoms with Gasteiger partial charge >= 0.3 is 5.97 Å². The summed E-state index contributed by atoms with van der Waals surface area (Å²) in [5, 5.41) is 9.41. The fraction of sp³-hybridized carbons (Fsp3) is 0.409. The van der Waals surface area contributed by atoms with E-state index in [0.29, 0.717) is 18.7 Å². The number of hydrogen-bond acceptors (Lipinski definition) is 7. The Kier molecular flexibility index (Phi) is 6.48. The number of rotatable bonds is 7. The zero-order chi connectivity index (χ0) is 21.1. The molecule has 0 unspecified atom stereocenters. The van der Waals surface area contributed by atoms with E-state index in [-0.39, 0.29) is 0 Å². The summed E-state index contributed by atoms with van der Waals surface area (Å²) < 4.78 is 0. The zero-order valence-corrected chi connectivity index (χ0v) is 17.9. The van der Waals surface area contributed by atoms with E-state index in [1.54, 1.807) is 23.9 Å². The van der Waals surface area contributed by atoms with Crippen LogP contribution in [0.5, 0.6) is 0 Å². The van der Waals surface area contributed by atoms with Gasteiger partial charge in [-0.1, -0.05) is 11.8 Å². The molecule has 5 N–H and O–H groups in total. The van der Waals surface area contributed by atoms with Crippen LogP contribution in [0.1, 0.15) is 16.8 Å². The highest BCUT2D eigenvalue weighted by molar-refractivity contribution is 7.99. The maximum absolute atomic E-state index is 11.5. The second-order valence-corrected chi connectivity index (χ2v) is 8.74. The Bertz CT molecular complexity index is 914. The molecule has 0 amide bonds. The number of benzene rings is 2. The number of piperazine rings is 1. The molecule has 0 aliphatic carbocycles. The Morgan fingerprint density at radius 2 is 1.63 bits per heavy atom. The van der Waals surface area contributed by atoms with Crippen molar-refractivity contribution < 1.29 is 9.90 Å². The number of nitrogens with two attached hydrogens (primary N) is 2. The van der Waals surface area contributed by atoms with Crippen LogP contribution < -0.4 is 21.3 Å². The van der Waals surface area contributed by atoms with Gasteiger partial charge < -0.3 is 26.4 Å². The number of aromatic carboxylic acids is 1. The molecule has 0 radical (unpaired) electrons. The van der Waals surface area contributed by atoms with Crippen LogP contribution in [0.3, 0.4) is 0 Å².